The van der Waals surface area contributed by atoms with Gasteiger partial charge in [0.25, 0.3) is 0 Å². The van der Waals surface area contributed by atoms with Crippen LogP contribution in [0.2, 0.25) is 0 Å². The van der Waals surface area contributed by atoms with E-state index in [1.807, 2.05) is 6.92 Å². The van der Waals surface area contributed by atoms with Gasteiger partial charge in [-0.05, 0) is 25.7 Å². The summed E-state index contributed by atoms with van der Waals surface area (Å²) in [5, 5.41) is 0. The number of hydrogen-bond acceptors (Lipinski definition) is 1. The van der Waals surface area contributed by atoms with Gasteiger partial charge in [-0.25, -0.2) is 0 Å². The van der Waals surface area contributed by atoms with Crippen molar-refractivity contribution in [3.05, 3.63) is 12.2 Å². The molecule has 0 saturated carbocycles. The van der Waals surface area contributed by atoms with Crippen LogP contribution in [0.3, 0.4) is 0 Å². The molecule has 1 heterocycles. The lowest BCUT2D eigenvalue weighted by Gasteiger charge is -2.24. The number of allylic oxidation sites excluding steroid dienone is 1. The van der Waals surface area contributed by atoms with Gasteiger partial charge in [-0.1, -0.05) is 19.1 Å². The summed E-state index contributed by atoms with van der Waals surface area (Å²) in [4.78, 5) is 0. The predicted octanol–water partition coefficient (Wildman–Crippen LogP) is 2.38. The maximum absolute atomic E-state index is 5.50. The van der Waals surface area contributed by atoms with Crippen LogP contribution in [0.1, 0.15) is 26.7 Å². The lowest BCUT2D eigenvalue weighted by Crippen LogP contribution is -2.22. The van der Waals surface area contributed by atoms with E-state index in [9.17, 15) is 0 Å². The van der Waals surface area contributed by atoms with E-state index < -0.39 is 0 Å². The lowest BCUT2D eigenvalue weighted by atomic mass is 9.98. The first-order chi connectivity index (χ1) is 4.83. The summed E-state index contributed by atoms with van der Waals surface area (Å²) in [6.45, 7) is 5.28. The highest BCUT2D eigenvalue weighted by molar-refractivity contribution is 4.89. The number of rotatable bonds is 1. The molecule has 10 heavy (non-hydrogen) atoms. The summed E-state index contributed by atoms with van der Waals surface area (Å²) in [5.74, 6) is 0.843. The Morgan fingerprint density at radius 3 is 2.90 bits per heavy atom. The van der Waals surface area contributed by atoms with Crippen molar-refractivity contribution < 1.29 is 4.74 Å². The molecule has 1 fully saturated rings. The quantitative estimate of drug-likeness (QED) is 0.508. The third kappa shape index (κ3) is 2.14. The first-order valence-corrected chi connectivity index (χ1v) is 4.07. The topological polar surface area (TPSA) is 9.23 Å². The van der Waals surface area contributed by atoms with Gasteiger partial charge in [0, 0.05) is 6.61 Å². The van der Waals surface area contributed by atoms with Gasteiger partial charge in [-0.2, -0.15) is 0 Å². The predicted molar refractivity (Wildman–Crippen MR) is 43.0 cm³/mol. The normalized spacial score (nSPS) is 35.0. The Morgan fingerprint density at radius 1 is 1.50 bits per heavy atom. The molecule has 0 aromatic heterocycles. The van der Waals surface area contributed by atoms with Crippen molar-refractivity contribution in [1.82, 2.24) is 0 Å². The van der Waals surface area contributed by atoms with Crippen molar-refractivity contribution in [2.24, 2.45) is 5.92 Å². The summed E-state index contributed by atoms with van der Waals surface area (Å²) in [6, 6.07) is 0. The second-order valence-electron chi connectivity index (χ2n) is 3.06. The minimum Gasteiger partial charge on any atom is -0.374 e. The van der Waals surface area contributed by atoms with Gasteiger partial charge in [-0.3, -0.25) is 0 Å². The second-order valence-corrected chi connectivity index (χ2v) is 3.06. The molecule has 0 amide bonds. The van der Waals surface area contributed by atoms with Crippen molar-refractivity contribution >= 4 is 0 Å². The Bertz CT molecular complexity index is 118. The van der Waals surface area contributed by atoms with Crippen LogP contribution in [0, 0.1) is 5.92 Å². The van der Waals surface area contributed by atoms with Crippen molar-refractivity contribution in [3.63, 3.8) is 0 Å². The minimum atomic E-state index is 0.397. The summed E-state index contributed by atoms with van der Waals surface area (Å²) in [6.07, 6.45) is 7.05. The largest absolute Gasteiger partial charge is 0.374 e. The van der Waals surface area contributed by atoms with Crippen molar-refractivity contribution in [2.75, 3.05) is 6.61 Å². The second kappa shape index (κ2) is 3.77. The van der Waals surface area contributed by atoms with Gasteiger partial charge < -0.3 is 4.74 Å². The molecule has 1 heteroatoms. The molecule has 0 spiro atoms. The first kappa shape index (κ1) is 7.80. The summed E-state index contributed by atoms with van der Waals surface area (Å²) in [7, 11) is 0. The summed E-state index contributed by atoms with van der Waals surface area (Å²) < 4.78 is 5.50. The highest BCUT2D eigenvalue weighted by Gasteiger charge is 2.15. The number of ether oxygens (including phenoxy) is 1. The van der Waals surface area contributed by atoms with Crippen LogP contribution in [0.25, 0.3) is 0 Å². The average molecular weight is 140 g/mol. The number of hydrogen-bond donors (Lipinski definition) is 0. The summed E-state index contributed by atoms with van der Waals surface area (Å²) in [5.41, 5.74) is 0. The Balaban J connectivity index is 2.32. The minimum absolute atomic E-state index is 0.397. The van der Waals surface area contributed by atoms with Gasteiger partial charge in [-0.15, -0.1) is 0 Å². The SMILES string of the molecule is C/C=C/C1CC(C)CCO1. The van der Waals surface area contributed by atoms with Crippen LogP contribution >= 0.6 is 0 Å². The van der Waals surface area contributed by atoms with Crippen LogP contribution < -0.4 is 0 Å². The van der Waals surface area contributed by atoms with E-state index in [2.05, 4.69) is 19.1 Å². The molecule has 1 aliphatic heterocycles. The molecule has 0 aromatic carbocycles. The summed E-state index contributed by atoms with van der Waals surface area (Å²) >= 11 is 0. The highest BCUT2D eigenvalue weighted by atomic mass is 16.5. The maximum atomic E-state index is 5.50. The zero-order valence-corrected chi connectivity index (χ0v) is 6.84. The fourth-order valence-electron chi connectivity index (χ4n) is 1.35. The van der Waals surface area contributed by atoms with Gasteiger partial charge in [0.2, 0.25) is 0 Å². The molecule has 1 rings (SSSR count). The van der Waals surface area contributed by atoms with Crippen LogP contribution in [-0.2, 0) is 4.74 Å². The molecule has 0 N–H and O–H groups in total. The molecule has 0 aliphatic carbocycles. The fourth-order valence-corrected chi connectivity index (χ4v) is 1.35. The van der Waals surface area contributed by atoms with Gasteiger partial charge in [0.1, 0.15) is 0 Å². The molecule has 1 aliphatic rings. The average Bonchev–Trinajstić information content (AvgIpc) is 1.88. The van der Waals surface area contributed by atoms with E-state index in [4.69, 9.17) is 4.74 Å². The van der Waals surface area contributed by atoms with Crippen molar-refractivity contribution in [1.29, 1.82) is 0 Å². The molecule has 0 radical (unpaired) electrons. The fraction of sp³-hybridized carbons (Fsp3) is 0.778. The van der Waals surface area contributed by atoms with E-state index in [0.717, 1.165) is 12.5 Å². The maximum Gasteiger partial charge on any atom is 0.0758 e. The van der Waals surface area contributed by atoms with Gasteiger partial charge in [0.15, 0.2) is 0 Å². The Morgan fingerprint density at radius 2 is 2.30 bits per heavy atom. The van der Waals surface area contributed by atoms with Gasteiger partial charge >= 0.3 is 0 Å². The van der Waals surface area contributed by atoms with E-state index in [0.29, 0.717) is 6.10 Å². The van der Waals surface area contributed by atoms with Crippen LogP contribution in [0.4, 0.5) is 0 Å². The molecule has 2 unspecified atom stereocenters. The Hall–Kier alpha value is -0.300. The molecule has 1 nitrogen and oxygen atoms in total. The molecule has 58 valence electrons. The van der Waals surface area contributed by atoms with E-state index in [1.165, 1.54) is 12.8 Å². The van der Waals surface area contributed by atoms with Crippen molar-refractivity contribution in [2.45, 2.75) is 32.8 Å². The molecule has 1 saturated heterocycles. The van der Waals surface area contributed by atoms with E-state index >= 15 is 0 Å². The standard InChI is InChI=1S/C9H16O/c1-3-4-9-7-8(2)5-6-10-9/h3-4,8-9H,5-7H2,1-2H3/b4-3+. The third-order valence-electron chi connectivity index (χ3n) is 1.98. The first-order valence-electron chi connectivity index (χ1n) is 4.07. The lowest BCUT2D eigenvalue weighted by molar-refractivity contribution is 0.0238. The zero-order chi connectivity index (χ0) is 7.40. The molecule has 0 bridgehead atoms. The van der Waals surface area contributed by atoms with E-state index in [1.54, 1.807) is 0 Å². The van der Waals surface area contributed by atoms with Crippen LogP contribution in [0.15, 0.2) is 12.2 Å². The molecule has 0 aromatic rings. The van der Waals surface area contributed by atoms with Crippen molar-refractivity contribution in [3.8, 4) is 0 Å². The Labute approximate surface area is 63.1 Å². The van der Waals surface area contributed by atoms with E-state index in [-0.39, 0.29) is 0 Å². The third-order valence-corrected chi connectivity index (χ3v) is 1.98. The monoisotopic (exact) mass is 140 g/mol. The van der Waals surface area contributed by atoms with Crippen LogP contribution in [-0.4, -0.2) is 12.7 Å². The smallest absolute Gasteiger partial charge is 0.0758 e. The van der Waals surface area contributed by atoms with Crippen LogP contribution in [0.5, 0.6) is 0 Å². The zero-order valence-electron chi connectivity index (χ0n) is 6.84. The van der Waals surface area contributed by atoms with Gasteiger partial charge in [0.05, 0.1) is 6.10 Å². The Kier molecular flexibility index (Phi) is 2.94. The molecular formula is C9H16O. The molecular weight excluding hydrogens is 124 g/mol. The molecule has 2 atom stereocenters. The highest BCUT2D eigenvalue weighted by Crippen LogP contribution is 2.19.